The number of nitrogens with two attached hydrogens (primary N) is 2. The molecular formula is C18H20ClN9O3S. The molecule has 14 heteroatoms. The molecule has 0 bridgehead atoms. The van der Waals surface area contributed by atoms with E-state index in [4.69, 9.17) is 27.2 Å². The molecule has 3 aromatic heterocycles. The van der Waals surface area contributed by atoms with E-state index < -0.39 is 16.3 Å². The largest absolute Gasteiger partial charge is 0.378 e. The van der Waals surface area contributed by atoms with Gasteiger partial charge in [0.05, 0.1) is 36.7 Å². The van der Waals surface area contributed by atoms with Crippen LogP contribution in [0.4, 0.5) is 17.5 Å². The average molecular weight is 478 g/mol. The van der Waals surface area contributed by atoms with Crippen LogP contribution in [0.5, 0.6) is 0 Å². The minimum Gasteiger partial charge on any atom is -0.378 e. The lowest BCUT2D eigenvalue weighted by Gasteiger charge is -2.33. The molecule has 5 N–H and O–H groups in total. The van der Waals surface area contributed by atoms with Gasteiger partial charge in [0.25, 0.3) is 10.2 Å². The third-order valence-corrected chi connectivity index (χ3v) is 6.11. The van der Waals surface area contributed by atoms with Crippen LogP contribution < -0.4 is 16.2 Å². The van der Waals surface area contributed by atoms with Crippen LogP contribution in [0.15, 0.2) is 30.6 Å². The number of aryl methyl sites for hydroxylation is 1. The summed E-state index contributed by atoms with van der Waals surface area (Å²) in [5, 5.41) is 8.68. The third-order valence-electron chi connectivity index (χ3n) is 4.71. The summed E-state index contributed by atoms with van der Waals surface area (Å²) < 4.78 is 30.7. The molecule has 0 aromatic carbocycles. The lowest BCUT2D eigenvalue weighted by molar-refractivity contribution is 0.0320. The molecule has 32 heavy (non-hydrogen) atoms. The van der Waals surface area contributed by atoms with Crippen LogP contribution in [0.25, 0.3) is 11.4 Å². The number of nitrogens with zero attached hydrogens (tertiary/aromatic N) is 6. The monoisotopic (exact) mass is 477 g/mol. The molecular weight excluding hydrogens is 458 g/mol. The van der Waals surface area contributed by atoms with Crippen molar-refractivity contribution >= 4 is 39.3 Å². The number of hydrogen-bond acceptors (Lipinski definition) is 10. The number of aromatic nitrogens is 5. The molecule has 4 heterocycles. The third kappa shape index (κ3) is 4.76. The zero-order valence-electron chi connectivity index (χ0n) is 16.9. The van der Waals surface area contributed by atoms with E-state index in [-0.39, 0.29) is 30.9 Å². The zero-order chi connectivity index (χ0) is 22.9. The van der Waals surface area contributed by atoms with Gasteiger partial charge in [0.1, 0.15) is 16.8 Å². The second-order valence-corrected chi connectivity index (χ2v) is 8.80. The Morgan fingerprint density at radius 3 is 2.84 bits per heavy atom. The molecule has 0 aliphatic carbocycles. The standard InChI is InChI=1S/C18H20ClN9O3S/c1-10-24-17(27-18(20)25-10)12-3-2-4-22-16(12)26-11-7-13(15(19)23-8-11)14-9-31-6-5-28(14)32(21,29)30/h2-4,7-8,14H,5-6,9H2,1H3,(H,22,26)(H2,21,29,30)(H2,20,24,25,27). The van der Waals surface area contributed by atoms with Gasteiger partial charge in [-0.2, -0.15) is 22.7 Å². The van der Waals surface area contributed by atoms with Crippen molar-refractivity contribution in [3.8, 4) is 11.4 Å². The van der Waals surface area contributed by atoms with E-state index in [1.165, 1.54) is 6.20 Å². The molecule has 1 aliphatic heterocycles. The highest BCUT2D eigenvalue weighted by atomic mass is 35.5. The second-order valence-electron chi connectivity index (χ2n) is 6.94. The van der Waals surface area contributed by atoms with E-state index in [1.807, 2.05) is 0 Å². The van der Waals surface area contributed by atoms with Crippen LogP contribution >= 0.6 is 11.6 Å². The molecule has 0 spiro atoms. The van der Waals surface area contributed by atoms with Crippen molar-refractivity contribution in [1.82, 2.24) is 29.2 Å². The Labute approximate surface area is 189 Å². The first-order valence-corrected chi connectivity index (χ1v) is 11.3. The molecule has 0 amide bonds. The maximum Gasteiger partial charge on any atom is 0.277 e. The van der Waals surface area contributed by atoms with Crippen LogP contribution in [0, 0.1) is 6.92 Å². The average Bonchev–Trinajstić information content (AvgIpc) is 2.74. The van der Waals surface area contributed by atoms with Crippen molar-refractivity contribution in [1.29, 1.82) is 0 Å². The fourth-order valence-corrected chi connectivity index (χ4v) is 4.44. The molecule has 0 radical (unpaired) electrons. The number of hydrogen-bond donors (Lipinski definition) is 3. The first kappa shape index (κ1) is 22.2. The minimum atomic E-state index is -3.96. The Bertz CT molecular complexity index is 1240. The Morgan fingerprint density at radius 2 is 2.09 bits per heavy atom. The van der Waals surface area contributed by atoms with Crippen molar-refractivity contribution in [2.45, 2.75) is 13.0 Å². The molecule has 1 unspecified atom stereocenters. The summed E-state index contributed by atoms with van der Waals surface area (Å²) in [7, 11) is -3.96. The van der Waals surface area contributed by atoms with Gasteiger partial charge < -0.3 is 15.8 Å². The van der Waals surface area contributed by atoms with Gasteiger partial charge in [0, 0.05) is 18.3 Å². The normalized spacial score (nSPS) is 17.3. The fraction of sp³-hybridized carbons (Fsp3) is 0.278. The van der Waals surface area contributed by atoms with Gasteiger partial charge in [-0.05, 0) is 25.1 Å². The van der Waals surface area contributed by atoms with E-state index in [2.05, 4.69) is 30.2 Å². The highest BCUT2D eigenvalue weighted by Crippen LogP contribution is 2.33. The van der Waals surface area contributed by atoms with Crippen molar-refractivity contribution in [2.75, 3.05) is 30.8 Å². The number of morpholine rings is 1. The Morgan fingerprint density at radius 1 is 1.28 bits per heavy atom. The summed E-state index contributed by atoms with van der Waals surface area (Å²) in [6.07, 6.45) is 3.10. The number of nitrogens with one attached hydrogen (secondary N) is 1. The highest BCUT2D eigenvalue weighted by Gasteiger charge is 2.33. The quantitative estimate of drug-likeness (QED) is 0.452. The summed E-state index contributed by atoms with van der Waals surface area (Å²) in [5.74, 6) is 1.36. The molecule has 1 aliphatic rings. The van der Waals surface area contributed by atoms with E-state index >= 15 is 0 Å². The van der Waals surface area contributed by atoms with E-state index in [0.717, 1.165) is 4.31 Å². The van der Waals surface area contributed by atoms with Crippen molar-refractivity contribution in [2.24, 2.45) is 5.14 Å². The number of pyridine rings is 2. The number of halogens is 1. The summed E-state index contributed by atoms with van der Waals surface area (Å²) in [4.78, 5) is 21.1. The predicted molar refractivity (Wildman–Crippen MR) is 118 cm³/mol. The molecule has 1 fully saturated rings. The first-order chi connectivity index (χ1) is 15.2. The van der Waals surface area contributed by atoms with E-state index in [0.29, 0.717) is 34.3 Å². The zero-order valence-corrected chi connectivity index (χ0v) is 18.5. The van der Waals surface area contributed by atoms with Gasteiger partial charge >= 0.3 is 0 Å². The maximum absolute atomic E-state index is 12.0. The predicted octanol–water partition coefficient (Wildman–Crippen LogP) is 1.19. The molecule has 4 rings (SSSR count). The Kier molecular flexibility index (Phi) is 6.17. The Balaban J connectivity index is 1.70. The summed E-state index contributed by atoms with van der Waals surface area (Å²) in [5.41, 5.74) is 7.32. The fourth-order valence-electron chi connectivity index (χ4n) is 3.35. The van der Waals surface area contributed by atoms with E-state index in [9.17, 15) is 8.42 Å². The summed E-state index contributed by atoms with van der Waals surface area (Å²) >= 11 is 6.30. The van der Waals surface area contributed by atoms with Crippen molar-refractivity contribution in [3.63, 3.8) is 0 Å². The topological polar surface area (TPSA) is 175 Å². The molecule has 0 saturated carbocycles. The van der Waals surface area contributed by atoms with Crippen molar-refractivity contribution in [3.05, 3.63) is 47.1 Å². The van der Waals surface area contributed by atoms with E-state index in [1.54, 1.807) is 31.3 Å². The van der Waals surface area contributed by atoms with Crippen LogP contribution in [0.1, 0.15) is 17.4 Å². The van der Waals surface area contributed by atoms with Gasteiger partial charge in [0.2, 0.25) is 5.95 Å². The lowest BCUT2D eigenvalue weighted by Crippen LogP contribution is -2.46. The van der Waals surface area contributed by atoms with Crippen LogP contribution in [0.2, 0.25) is 5.15 Å². The van der Waals surface area contributed by atoms with Crippen LogP contribution in [-0.4, -0.2) is 57.4 Å². The highest BCUT2D eigenvalue weighted by molar-refractivity contribution is 7.86. The maximum atomic E-state index is 12.0. The molecule has 168 valence electrons. The van der Waals surface area contributed by atoms with Gasteiger partial charge in [-0.25, -0.2) is 20.1 Å². The van der Waals surface area contributed by atoms with Gasteiger partial charge in [-0.15, -0.1) is 0 Å². The smallest absolute Gasteiger partial charge is 0.277 e. The van der Waals surface area contributed by atoms with Crippen LogP contribution in [0.3, 0.4) is 0 Å². The molecule has 3 aromatic rings. The first-order valence-electron chi connectivity index (χ1n) is 9.45. The molecule has 1 atom stereocenters. The number of anilines is 3. The molecule has 1 saturated heterocycles. The second kappa shape index (κ2) is 8.88. The Hall–Kier alpha value is -2.97. The summed E-state index contributed by atoms with van der Waals surface area (Å²) in [6.45, 7) is 2.16. The minimum absolute atomic E-state index is 0.0955. The number of nitrogen functional groups attached to an aromatic ring is 1. The molecule has 12 nitrogen and oxygen atoms in total. The lowest BCUT2D eigenvalue weighted by atomic mass is 10.1. The van der Waals surface area contributed by atoms with Gasteiger partial charge in [0.15, 0.2) is 5.82 Å². The van der Waals surface area contributed by atoms with Crippen LogP contribution in [-0.2, 0) is 14.9 Å². The van der Waals surface area contributed by atoms with Gasteiger partial charge in [-0.1, -0.05) is 11.6 Å². The SMILES string of the molecule is Cc1nc(N)nc(-c2cccnc2Nc2cnc(Cl)c(C3COCCN3S(N)(=O)=O)c2)n1. The summed E-state index contributed by atoms with van der Waals surface area (Å²) in [6, 6.07) is 4.49. The van der Waals surface area contributed by atoms with Gasteiger partial charge in [-0.3, -0.25) is 0 Å². The number of rotatable bonds is 5. The number of ether oxygens (including phenoxy) is 1. The van der Waals surface area contributed by atoms with Crippen molar-refractivity contribution < 1.29 is 13.2 Å².